The third-order valence-corrected chi connectivity index (χ3v) is 4.58. The highest BCUT2D eigenvalue weighted by Crippen LogP contribution is 2.12. The molecule has 8 nitrogen and oxygen atoms in total. The zero-order valence-electron chi connectivity index (χ0n) is 17.8. The predicted molar refractivity (Wildman–Crippen MR) is 109 cm³/mol. The molecule has 1 aliphatic rings. The maximum absolute atomic E-state index is 12.2. The number of nitrogens with one attached hydrogen (secondary N) is 1. The topological polar surface area (TPSA) is 91.3 Å². The second-order valence-corrected chi connectivity index (χ2v) is 8.32. The quantitative estimate of drug-likeness (QED) is 0.751. The van der Waals surface area contributed by atoms with Gasteiger partial charge in [-0.05, 0) is 33.3 Å². The molecule has 8 heteroatoms. The van der Waals surface area contributed by atoms with Crippen LogP contribution in [0.1, 0.15) is 33.3 Å². The molecule has 0 aliphatic carbocycles. The average molecular weight is 408 g/mol. The van der Waals surface area contributed by atoms with E-state index < -0.39 is 23.8 Å². The molecular formula is C21H33N3O5. The molecule has 0 aromatic heterocycles. The van der Waals surface area contributed by atoms with Crippen molar-refractivity contribution in [3.05, 3.63) is 35.9 Å². The van der Waals surface area contributed by atoms with Gasteiger partial charge in [0.15, 0.2) is 0 Å². The van der Waals surface area contributed by atoms with E-state index >= 15 is 0 Å². The zero-order valence-corrected chi connectivity index (χ0v) is 17.8. The first-order valence-corrected chi connectivity index (χ1v) is 9.99. The Hall–Kier alpha value is -2.32. The van der Waals surface area contributed by atoms with Gasteiger partial charge in [0, 0.05) is 32.7 Å². The molecule has 2 N–H and O–H groups in total. The third-order valence-electron chi connectivity index (χ3n) is 4.58. The molecule has 0 bridgehead atoms. The highest BCUT2D eigenvalue weighted by molar-refractivity contribution is 5.68. The van der Waals surface area contributed by atoms with Crippen molar-refractivity contribution in [2.75, 3.05) is 32.7 Å². The molecule has 0 spiro atoms. The summed E-state index contributed by atoms with van der Waals surface area (Å²) in [5.74, 6) is 0. The lowest BCUT2D eigenvalue weighted by Crippen LogP contribution is -2.55. The molecule has 1 aromatic rings. The van der Waals surface area contributed by atoms with E-state index in [2.05, 4.69) is 10.2 Å². The number of piperazine rings is 1. The van der Waals surface area contributed by atoms with Gasteiger partial charge in [0.25, 0.3) is 0 Å². The fraction of sp³-hybridized carbons (Fsp3) is 0.619. The van der Waals surface area contributed by atoms with Gasteiger partial charge in [0.2, 0.25) is 0 Å². The fourth-order valence-electron chi connectivity index (χ4n) is 2.95. The number of nitrogens with zero attached hydrogens (tertiary/aromatic N) is 2. The smallest absolute Gasteiger partial charge is 0.410 e. The highest BCUT2D eigenvalue weighted by atomic mass is 16.6. The Bertz CT molecular complexity index is 652. The largest absolute Gasteiger partial charge is 0.445 e. The number of ether oxygens (including phenoxy) is 2. The molecule has 2 amide bonds. The molecule has 29 heavy (non-hydrogen) atoms. The van der Waals surface area contributed by atoms with Crippen molar-refractivity contribution in [1.29, 1.82) is 0 Å². The van der Waals surface area contributed by atoms with Gasteiger partial charge in [-0.1, -0.05) is 30.3 Å². The van der Waals surface area contributed by atoms with Crippen LogP contribution in [0, 0.1) is 0 Å². The fourth-order valence-corrected chi connectivity index (χ4v) is 2.95. The van der Waals surface area contributed by atoms with E-state index in [9.17, 15) is 14.7 Å². The van der Waals surface area contributed by atoms with Crippen molar-refractivity contribution < 1.29 is 24.2 Å². The zero-order chi connectivity index (χ0) is 21.4. The summed E-state index contributed by atoms with van der Waals surface area (Å²) < 4.78 is 10.6. The van der Waals surface area contributed by atoms with E-state index in [1.807, 2.05) is 51.1 Å². The summed E-state index contributed by atoms with van der Waals surface area (Å²) in [5, 5.41) is 12.8. The number of carbonyl (C=O) groups is 2. The number of aliphatic hydroxyl groups is 1. The minimum atomic E-state index is -0.733. The first-order chi connectivity index (χ1) is 13.6. The molecule has 0 saturated carbocycles. The van der Waals surface area contributed by atoms with Crippen molar-refractivity contribution in [1.82, 2.24) is 15.1 Å². The lowest BCUT2D eigenvalue weighted by Gasteiger charge is -2.37. The molecule has 2 unspecified atom stereocenters. The van der Waals surface area contributed by atoms with Crippen molar-refractivity contribution in [2.24, 2.45) is 0 Å². The van der Waals surface area contributed by atoms with E-state index in [0.29, 0.717) is 32.7 Å². The second-order valence-electron chi connectivity index (χ2n) is 8.32. The van der Waals surface area contributed by atoms with Gasteiger partial charge in [-0.15, -0.1) is 0 Å². The number of alkyl carbamates (subject to hydrolysis) is 1. The summed E-state index contributed by atoms with van der Waals surface area (Å²) in [5.41, 5.74) is 0.380. The number of hydrogen-bond donors (Lipinski definition) is 2. The van der Waals surface area contributed by atoms with Crippen molar-refractivity contribution in [3.63, 3.8) is 0 Å². The Morgan fingerprint density at radius 2 is 1.76 bits per heavy atom. The van der Waals surface area contributed by atoms with Crippen molar-refractivity contribution in [3.8, 4) is 0 Å². The van der Waals surface area contributed by atoms with Crippen LogP contribution in [0.4, 0.5) is 9.59 Å². The minimum absolute atomic E-state index is 0.174. The number of carbonyl (C=O) groups excluding carboxylic acids is 2. The van der Waals surface area contributed by atoms with Gasteiger partial charge in [-0.3, -0.25) is 4.90 Å². The molecular weight excluding hydrogens is 374 g/mol. The Kier molecular flexibility index (Phi) is 8.28. The van der Waals surface area contributed by atoms with Gasteiger partial charge in [-0.2, -0.15) is 0 Å². The molecule has 162 valence electrons. The number of rotatable bonds is 6. The summed E-state index contributed by atoms with van der Waals surface area (Å²) >= 11 is 0. The molecule has 1 heterocycles. The number of hydrogen-bond acceptors (Lipinski definition) is 6. The Balaban J connectivity index is 1.77. The predicted octanol–water partition coefficient (Wildman–Crippen LogP) is 2.21. The average Bonchev–Trinajstić information content (AvgIpc) is 2.66. The van der Waals surface area contributed by atoms with E-state index in [1.54, 1.807) is 11.8 Å². The lowest BCUT2D eigenvalue weighted by molar-refractivity contribution is 0.0118. The van der Waals surface area contributed by atoms with Gasteiger partial charge in [0.1, 0.15) is 12.2 Å². The summed E-state index contributed by atoms with van der Waals surface area (Å²) in [6.45, 7) is 10.2. The first kappa shape index (κ1) is 23.0. The number of benzene rings is 1. The molecule has 0 radical (unpaired) electrons. The minimum Gasteiger partial charge on any atom is -0.445 e. The maximum atomic E-state index is 12.2. The molecule has 1 fully saturated rings. The summed E-state index contributed by atoms with van der Waals surface area (Å²) in [6, 6.07) is 8.95. The summed E-state index contributed by atoms with van der Waals surface area (Å²) in [7, 11) is 0. The van der Waals surface area contributed by atoms with E-state index in [-0.39, 0.29) is 12.7 Å². The van der Waals surface area contributed by atoms with Crippen molar-refractivity contribution in [2.45, 2.75) is 52.0 Å². The van der Waals surface area contributed by atoms with Crippen LogP contribution in [0.25, 0.3) is 0 Å². The number of amides is 2. The van der Waals surface area contributed by atoms with Gasteiger partial charge < -0.3 is 24.8 Å². The monoisotopic (exact) mass is 407 g/mol. The standard InChI is InChI=1S/C21H33N3O5/c1-16(25)18(22-19(26)28-15-17-8-6-5-7-9-17)14-23-10-12-24(13-11-23)20(27)29-21(2,3)4/h5-9,16,18,25H,10-15H2,1-4H3,(H,22,26). The van der Waals surface area contributed by atoms with Gasteiger partial charge >= 0.3 is 12.2 Å². The van der Waals surface area contributed by atoms with Crippen LogP contribution >= 0.6 is 0 Å². The van der Waals surface area contributed by atoms with Crippen LogP contribution in [0.2, 0.25) is 0 Å². The van der Waals surface area contributed by atoms with Crippen LogP contribution in [-0.4, -0.2) is 77.6 Å². The third kappa shape index (κ3) is 8.29. The lowest BCUT2D eigenvalue weighted by atomic mass is 10.1. The van der Waals surface area contributed by atoms with Crippen LogP contribution in [0.5, 0.6) is 0 Å². The SMILES string of the molecule is CC(O)C(CN1CCN(C(=O)OC(C)(C)C)CC1)NC(=O)OCc1ccccc1. The van der Waals surface area contributed by atoms with Gasteiger partial charge in [-0.25, -0.2) is 9.59 Å². The van der Waals surface area contributed by atoms with Crippen LogP contribution in [0.3, 0.4) is 0 Å². The first-order valence-electron chi connectivity index (χ1n) is 9.99. The van der Waals surface area contributed by atoms with E-state index in [0.717, 1.165) is 5.56 Å². The molecule has 2 atom stereocenters. The molecule has 1 saturated heterocycles. The van der Waals surface area contributed by atoms with E-state index in [4.69, 9.17) is 9.47 Å². The molecule has 1 aromatic carbocycles. The summed E-state index contributed by atoms with van der Waals surface area (Å²) in [6.07, 6.45) is -1.61. The Labute approximate surface area is 172 Å². The van der Waals surface area contributed by atoms with Crippen LogP contribution < -0.4 is 5.32 Å². The number of aliphatic hydroxyl groups excluding tert-OH is 1. The van der Waals surface area contributed by atoms with Crippen LogP contribution in [0.15, 0.2) is 30.3 Å². The van der Waals surface area contributed by atoms with Crippen LogP contribution in [-0.2, 0) is 16.1 Å². The molecule has 2 rings (SSSR count). The van der Waals surface area contributed by atoms with Crippen molar-refractivity contribution >= 4 is 12.2 Å². The Morgan fingerprint density at radius 1 is 1.14 bits per heavy atom. The normalized spacial score (nSPS) is 17.3. The molecule has 1 aliphatic heterocycles. The maximum Gasteiger partial charge on any atom is 0.410 e. The van der Waals surface area contributed by atoms with E-state index in [1.165, 1.54) is 0 Å². The van der Waals surface area contributed by atoms with Gasteiger partial charge in [0.05, 0.1) is 12.1 Å². The summed E-state index contributed by atoms with van der Waals surface area (Å²) in [4.78, 5) is 28.1. The highest BCUT2D eigenvalue weighted by Gasteiger charge is 2.28. The Morgan fingerprint density at radius 3 is 2.31 bits per heavy atom. The second kappa shape index (κ2) is 10.5.